The molecule has 0 spiro atoms. The molecule has 0 aromatic carbocycles. The smallest absolute Gasteiger partial charge is 0.0104 e. The fraction of sp³-hybridized carbons (Fsp3) is 1.00. The van der Waals surface area contributed by atoms with Crippen LogP contribution < -0.4 is 0 Å². The fourth-order valence-corrected chi connectivity index (χ4v) is 33.6. The molecule has 105 heavy (non-hydrogen) atoms. The molecule has 0 aromatic heterocycles. The van der Waals surface area contributed by atoms with Gasteiger partial charge in [0, 0.05) is 72.5 Å². The van der Waals surface area contributed by atoms with Crippen molar-refractivity contribution >= 4 is 0 Å². The third-order valence-corrected chi connectivity index (χ3v) is 38.5. The van der Waals surface area contributed by atoms with Crippen LogP contribution in [0, 0.1) is 100 Å². The molecule has 16 aliphatic rings. The molecular formula is C101H176N4. The van der Waals surface area contributed by atoms with Gasteiger partial charge in [0.25, 0.3) is 0 Å². The minimum absolute atomic E-state index is 0.612. The quantitative estimate of drug-likeness (QED) is 0.120. The number of nitrogens with zero attached hydrogens (tertiary/aromatic N) is 4. The van der Waals surface area contributed by atoms with Gasteiger partial charge in [0.1, 0.15) is 0 Å². The van der Waals surface area contributed by atoms with Crippen molar-refractivity contribution < 1.29 is 0 Å². The van der Waals surface area contributed by atoms with Crippen LogP contribution in [0.3, 0.4) is 0 Å². The lowest BCUT2D eigenvalue weighted by Crippen LogP contribution is -2.55. The summed E-state index contributed by atoms with van der Waals surface area (Å²) >= 11 is 0. The Hall–Kier alpha value is -0.160. The van der Waals surface area contributed by atoms with Gasteiger partial charge in [0.15, 0.2) is 0 Å². The van der Waals surface area contributed by atoms with Gasteiger partial charge in [-0.3, -0.25) is 19.6 Å². The van der Waals surface area contributed by atoms with E-state index in [1.165, 1.54) is 231 Å². The predicted molar refractivity (Wildman–Crippen MR) is 448 cm³/mol. The monoisotopic (exact) mass is 1450 g/mol. The van der Waals surface area contributed by atoms with Crippen LogP contribution in [0.5, 0.6) is 0 Å². The second-order valence-electron chi connectivity index (χ2n) is 44.4. The van der Waals surface area contributed by atoms with Gasteiger partial charge in [-0.15, -0.1) is 0 Å². The van der Waals surface area contributed by atoms with Gasteiger partial charge in [0.2, 0.25) is 0 Å². The number of hydrogen-bond donors (Lipinski definition) is 0. The molecule has 8 unspecified atom stereocenters. The molecule has 0 saturated heterocycles. The fourth-order valence-electron chi connectivity index (χ4n) is 33.6. The Morgan fingerprint density at radius 2 is 0.295 bits per heavy atom. The Balaban J connectivity index is 0.639. The summed E-state index contributed by atoms with van der Waals surface area (Å²) in [5.74, 6) is 16.1. The van der Waals surface area contributed by atoms with Gasteiger partial charge in [-0.05, 0) is 408 Å². The van der Waals surface area contributed by atoms with Crippen LogP contribution in [0.15, 0.2) is 0 Å². The van der Waals surface area contributed by atoms with Crippen molar-refractivity contribution in [1.82, 2.24) is 19.6 Å². The summed E-state index contributed by atoms with van der Waals surface area (Å²) < 4.78 is 0. The van der Waals surface area contributed by atoms with Crippen molar-refractivity contribution in [2.75, 3.05) is 0 Å². The Morgan fingerprint density at radius 1 is 0.143 bits per heavy atom. The first-order chi connectivity index (χ1) is 51.7. The van der Waals surface area contributed by atoms with E-state index < -0.39 is 0 Å². The van der Waals surface area contributed by atoms with Gasteiger partial charge in [-0.2, -0.15) is 0 Å². The summed E-state index contributed by atoms with van der Waals surface area (Å²) in [6.45, 7) is 10.5. The molecule has 8 atom stereocenters. The van der Waals surface area contributed by atoms with Gasteiger partial charge in [-0.25, -0.2) is 0 Å². The molecule has 0 aliphatic heterocycles. The average Bonchev–Trinajstić information content (AvgIpc) is 0.727. The molecule has 0 N–H and O–H groups in total. The summed E-state index contributed by atoms with van der Waals surface area (Å²) in [6.07, 6.45) is 105. The molecule has 4 nitrogen and oxygen atoms in total. The summed E-state index contributed by atoms with van der Waals surface area (Å²) in [5, 5.41) is 0. The zero-order valence-corrected chi connectivity index (χ0v) is 70.5. The molecule has 16 aliphatic carbocycles. The van der Waals surface area contributed by atoms with E-state index >= 15 is 0 Å². The first kappa shape index (κ1) is 78.7. The molecule has 600 valence electrons. The zero-order chi connectivity index (χ0) is 71.1. The molecule has 0 aromatic rings. The summed E-state index contributed by atoms with van der Waals surface area (Å²) in [5.41, 5.74) is 0.612. The first-order valence-electron chi connectivity index (χ1n) is 50.8. The van der Waals surface area contributed by atoms with Crippen LogP contribution in [-0.2, 0) is 0 Å². The molecule has 16 fully saturated rings. The molecule has 4 heteroatoms. The summed E-state index contributed by atoms with van der Waals surface area (Å²) in [4.78, 5) is 13.3. The number of hydrogen-bond acceptors (Lipinski definition) is 4. The lowest BCUT2D eigenvalue weighted by atomic mass is 9.43. The maximum Gasteiger partial charge on any atom is 0.0104 e. The lowest BCUT2D eigenvalue weighted by molar-refractivity contribution is -0.127. The molecule has 16 saturated carbocycles. The Morgan fingerprint density at radius 3 is 0.467 bits per heavy atom. The lowest BCUT2D eigenvalue weighted by Gasteiger charge is -2.62. The molecule has 16 rings (SSSR count). The maximum absolute atomic E-state index is 3.31. The highest BCUT2D eigenvalue weighted by molar-refractivity contribution is 5.08. The summed E-state index contributed by atoms with van der Waals surface area (Å²) in [7, 11) is 0. The van der Waals surface area contributed by atoms with E-state index in [4.69, 9.17) is 0 Å². The zero-order valence-electron chi connectivity index (χ0n) is 70.5. The van der Waals surface area contributed by atoms with E-state index in [-0.39, 0.29) is 0 Å². The van der Waals surface area contributed by atoms with Crippen LogP contribution in [0.25, 0.3) is 0 Å². The average molecular weight is 1450 g/mol. The van der Waals surface area contributed by atoms with E-state index in [1.807, 2.05) is 0 Å². The second-order valence-corrected chi connectivity index (χ2v) is 44.4. The molecule has 0 amide bonds. The van der Waals surface area contributed by atoms with E-state index in [0.29, 0.717) is 5.41 Å². The van der Waals surface area contributed by atoms with Gasteiger partial charge < -0.3 is 0 Å². The van der Waals surface area contributed by atoms with Crippen LogP contribution in [0.4, 0.5) is 0 Å². The van der Waals surface area contributed by atoms with Crippen LogP contribution in [-0.4, -0.2) is 92.1 Å². The molecule has 0 radical (unpaired) electrons. The molecule has 0 bridgehead atoms. The third kappa shape index (κ3) is 18.7. The van der Waals surface area contributed by atoms with Gasteiger partial charge in [0.05, 0.1) is 0 Å². The van der Waals surface area contributed by atoms with Crippen molar-refractivity contribution in [3.05, 3.63) is 0 Å². The Bertz CT molecular complexity index is 2110. The van der Waals surface area contributed by atoms with E-state index in [9.17, 15) is 0 Å². The SMILES string of the molecule is CC1CCCC(N(C2CCCCC2)C2CCC(C3CCC(C(C4CCC(C5CCC(N(C6CCCCC6)C6CCCC(C)C6)CC5)CC4)(C4CCC(C5CCC(N(C6CCCCC6)C6CCCC(C)C6)CC5)CC4)C4CCC(C5CCC(N(C6CCCCC6)C6CCCC(C)C6)CC5)CC4)CC3)CC2)C1. The van der Waals surface area contributed by atoms with Crippen LogP contribution >= 0.6 is 0 Å². The van der Waals surface area contributed by atoms with E-state index in [2.05, 4.69) is 47.3 Å². The second kappa shape index (κ2) is 38.1. The largest absolute Gasteiger partial charge is 0.294 e. The van der Waals surface area contributed by atoms with Crippen molar-refractivity contribution in [3.63, 3.8) is 0 Å². The van der Waals surface area contributed by atoms with E-state index in [1.54, 1.807) is 205 Å². The van der Waals surface area contributed by atoms with Gasteiger partial charge >= 0.3 is 0 Å². The highest BCUT2D eigenvalue weighted by atomic mass is 15.2. The van der Waals surface area contributed by atoms with Crippen molar-refractivity contribution in [2.45, 2.75) is 537 Å². The Labute approximate surface area is 652 Å². The first-order valence-corrected chi connectivity index (χ1v) is 50.8. The minimum atomic E-state index is 0.612. The topological polar surface area (TPSA) is 13.0 Å². The third-order valence-electron chi connectivity index (χ3n) is 38.5. The molecular weight excluding hydrogens is 1270 g/mol. The standard InChI is InChI=1S/C101H176N4/c1-73-21-17-33-97(69-73)102(89-25-9-5-10-26-89)93-61-45-81(46-62-93)77-37-53-85(54-38-77)101(86-55-39-78(40-56-86)82-47-63-94(64-48-82)103(90-27-11-6-12-28-90)98-34-18-22-74(2)70-98,87-57-41-79(42-58-87)83-49-65-95(66-50-83)104(91-29-13-7-14-30-91)99-35-19-23-75(3)71-99)88-59-43-80(44-60-88)84-51-67-96(68-52-84)105(92-31-15-8-16-32-92)100-36-20-24-76(4)72-100/h73-100H,5-72H2,1-4H3. The highest BCUT2D eigenvalue weighted by Gasteiger charge is 2.58. The van der Waals surface area contributed by atoms with Crippen molar-refractivity contribution in [1.29, 1.82) is 0 Å². The maximum atomic E-state index is 3.31. The van der Waals surface area contributed by atoms with Crippen LogP contribution in [0.1, 0.15) is 464 Å². The van der Waals surface area contributed by atoms with Crippen molar-refractivity contribution in [3.8, 4) is 0 Å². The summed E-state index contributed by atoms with van der Waals surface area (Å²) in [6, 6.07) is 10.8. The van der Waals surface area contributed by atoms with Crippen molar-refractivity contribution in [2.24, 2.45) is 100 Å². The van der Waals surface area contributed by atoms with Gasteiger partial charge in [-0.1, -0.05) is 156 Å². The highest BCUT2D eigenvalue weighted by Crippen LogP contribution is 2.66. The predicted octanol–water partition coefficient (Wildman–Crippen LogP) is 28.3. The number of rotatable bonds is 20. The Kier molecular flexibility index (Phi) is 28.5. The normalized spacial score (nSPS) is 44.3. The minimum Gasteiger partial charge on any atom is -0.294 e. The van der Waals surface area contributed by atoms with Crippen LogP contribution in [0.2, 0.25) is 0 Å². The molecule has 0 heterocycles. The van der Waals surface area contributed by atoms with E-state index in [0.717, 1.165) is 167 Å².